The van der Waals surface area contributed by atoms with Crippen LogP contribution in [0.5, 0.6) is 5.88 Å². The summed E-state index contributed by atoms with van der Waals surface area (Å²) < 4.78 is 34.5. The highest BCUT2D eigenvalue weighted by molar-refractivity contribution is 7.89. The second-order valence-electron chi connectivity index (χ2n) is 11.6. The van der Waals surface area contributed by atoms with Crippen LogP contribution in [0.3, 0.4) is 0 Å². The minimum absolute atomic E-state index is 0.00427. The Hall–Kier alpha value is -4.40. The van der Waals surface area contributed by atoms with Crippen molar-refractivity contribution in [1.29, 1.82) is 0 Å². The summed E-state index contributed by atoms with van der Waals surface area (Å²) in [7, 11) is -2.61. The summed E-state index contributed by atoms with van der Waals surface area (Å²) in [5.74, 6) is -0.939. The largest absolute Gasteiger partial charge is 0.481 e. The number of carboxylic acids is 1. The Morgan fingerprint density at radius 3 is 2.54 bits per heavy atom. The van der Waals surface area contributed by atoms with Crippen LogP contribution in [0.15, 0.2) is 65.6 Å². The number of carbonyl (C=O) groups is 3. The second kappa shape index (κ2) is 12.4. The zero-order valence-electron chi connectivity index (χ0n) is 25.4. The molecule has 4 heterocycles. The number of likely N-dealkylation sites (tertiary alicyclic amines) is 1. The number of thiazole rings is 1. The molecule has 0 saturated carbocycles. The van der Waals surface area contributed by atoms with Gasteiger partial charge >= 0.3 is 5.97 Å². The highest BCUT2D eigenvalue weighted by atomic mass is 32.2. The summed E-state index contributed by atoms with van der Waals surface area (Å²) in [4.78, 5) is 50.7. The first-order valence-electron chi connectivity index (χ1n) is 14.8. The number of carbonyl (C=O) groups excluding carboxylic acids is 2. The molecule has 1 fully saturated rings. The number of carboxylic acid groups (broad SMARTS) is 1. The molecule has 2 amide bonds. The van der Waals surface area contributed by atoms with Gasteiger partial charge in [-0.2, -0.15) is 4.31 Å². The molecule has 1 atom stereocenters. The first kappa shape index (κ1) is 31.6. The minimum atomic E-state index is -4.14. The van der Waals surface area contributed by atoms with E-state index in [9.17, 15) is 27.9 Å². The van der Waals surface area contributed by atoms with E-state index in [1.165, 1.54) is 35.7 Å². The van der Waals surface area contributed by atoms with Gasteiger partial charge in [-0.15, -0.1) is 0 Å². The Bertz CT molecular complexity index is 1930. The van der Waals surface area contributed by atoms with Crippen LogP contribution in [0.1, 0.15) is 35.9 Å². The number of amides is 2. The molecule has 2 aliphatic rings. The summed E-state index contributed by atoms with van der Waals surface area (Å²) in [6, 6.07) is 17.2. The topological polar surface area (TPSA) is 150 Å². The minimum Gasteiger partial charge on any atom is -0.481 e. The van der Waals surface area contributed by atoms with E-state index in [1.807, 2.05) is 6.07 Å². The molecule has 1 spiro atoms. The Balaban J connectivity index is 1.35. The number of aliphatic carboxylic acids is 1. The van der Waals surface area contributed by atoms with Crippen LogP contribution in [0.2, 0.25) is 0 Å². The molecule has 6 rings (SSSR count). The molecule has 0 aliphatic carbocycles. The van der Waals surface area contributed by atoms with E-state index in [0.717, 1.165) is 5.56 Å². The number of nitrogens with zero attached hydrogens (tertiary/aromatic N) is 5. The molecule has 240 valence electrons. The van der Waals surface area contributed by atoms with Crippen LogP contribution in [-0.4, -0.2) is 83.8 Å². The fraction of sp³-hybridized carbons (Fsp3) is 0.344. The summed E-state index contributed by atoms with van der Waals surface area (Å²) in [5.41, 5.74) is 2.00. The molecule has 2 aromatic carbocycles. The van der Waals surface area contributed by atoms with Crippen LogP contribution in [0.25, 0.3) is 10.3 Å². The maximum atomic E-state index is 14.1. The van der Waals surface area contributed by atoms with Gasteiger partial charge in [-0.05, 0) is 41.8 Å². The molecule has 1 saturated heterocycles. The van der Waals surface area contributed by atoms with Crippen molar-refractivity contribution in [3.05, 3.63) is 76.8 Å². The number of rotatable bonds is 10. The summed E-state index contributed by atoms with van der Waals surface area (Å²) in [6.45, 7) is 2.42. The lowest BCUT2D eigenvalue weighted by atomic mass is 9.81. The number of ether oxygens (including phenoxy) is 1. The van der Waals surface area contributed by atoms with Crippen molar-refractivity contribution in [3.8, 4) is 5.88 Å². The van der Waals surface area contributed by atoms with Gasteiger partial charge in [0, 0.05) is 56.8 Å². The molecular weight excluding hydrogens is 631 g/mol. The molecule has 2 aliphatic heterocycles. The highest BCUT2D eigenvalue weighted by Gasteiger charge is 2.50. The van der Waals surface area contributed by atoms with Gasteiger partial charge in [0.15, 0.2) is 0 Å². The molecule has 0 radical (unpaired) electrons. The number of anilines is 1. The average Bonchev–Trinajstić information content (AvgIpc) is 3.74. The van der Waals surface area contributed by atoms with Gasteiger partial charge < -0.3 is 19.6 Å². The molecule has 1 N–H and O–H groups in total. The number of pyridine rings is 1. The zero-order chi connectivity index (χ0) is 32.6. The number of hydrogen-bond donors (Lipinski definition) is 1. The predicted molar refractivity (Wildman–Crippen MR) is 171 cm³/mol. The molecule has 4 aromatic rings. The Kier molecular flexibility index (Phi) is 8.53. The molecule has 12 nitrogen and oxygen atoms in total. The van der Waals surface area contributed by atoms with E-state index in [-0.39, 0.29) is 49.2 Å². The van der Waals surface area contributed by atoms with Gasteiger partial charge in [-0.3, -0.25) is 14.4 Å². The lowest BCUT2D eigenvalue weighted by Gasteiger charge is -2.26. The van der Waals surface area contributed by atoms with E-state index in [2.05, 4.69) is 9.97 Å². The fourth-order valence-corrected chi connectivity index (χ4v) is 8.59. The van der Waals surface area contributed by atoms with Crippen LogP contribution < -0.4 is 9.64 Å². The Morgan fingerprint density at radius 1 is 1.07 bits per heavy atom. The van der Waals surface area contributed by atoms with E-state index < -0.39 is 21.4 Å². The monoisotopic (exact) mass is 663 g/mol. The summed E-state index contributed by atoms with van der Waals surface area (Å²) >= 11 is 1.31. The van der Waals surface area contributed by atoms with Crippen molar-refractivity contribution < 1.29 is 32.6 Å². The maximum absolute atomic E-state index is 14.1. The van der Waals surface area contributed by atoms with Crippen molar-refractivity contribution in [1.82, 2.24) is 19.2 Å². The molecule has 1 unspecified atom stereocenters. The smallest absolute Gasteiger partial charge is 0.304 e. The molecule has 2 aromatic heterocycles. The lowest BCUT2D eigenvalue weighted by Crippen LogP contribution is -2.40. The standard InChI is InChI=1S/C32H33N5O7S2/c1-21(38)35-15-13-32(19-35)20-37(29(39)17-28-33-25-9-11-27(44-2)34-31(25)45-28)26-10-8-23(16-24(26)32)46(42,43)36(14-12-30(40)41)18-22-6-4-3-5-7-22/h3-11,16H,12-15,17-20H2,1-2H3,(H,40,41). The van der Waals surface area contributed by atoms with Crippen molar-refractivity contribution in [2.45, 2.75) is 43.0 Å². The first-order chi connectivity index (χ1) is 22.0. The number of aromatic nitrogens is 2. The number of hydrogen-bond acceptors (Lipinski definition) is 9. The van der Waals surface area contributed by atoms with Crippen molar-refractivity contribution in [2.24, 2.45) is 0 Å². The van der Waals surface area contributed by atoms with Crippen molar-refractivity contribution in [2.75, 3.05) is 38.2 Å². The number of methoxy groups -OCH3 is 1. The third-order valence-corrected chi connectivity index (χ3v) is 11.4. The van der Waals surface area contributed by atoms with Gasteiger partial charge in [0.2, 0.25) is 27.7 Å². The van der Waals surface area contributed by atoms with E-state index in [0.29, 0.717) is 52.0 Å². The average molecular weight is 664 g/mol. The Morgan fingerprint density at radius 2 is 1.85 bits per heavy atom. The summed E-state index contributed by atoms with van der Waals surface area (Å²) in [6.07, 6.45) is 0.227. The predicted octanol–water partition coefficient (Wildman–Crippen LogP) is 3.44. The fourth-order valence-electron chi connectivity index (χ4n) is 6.22. The molecule has 0 bridgehead atoms. The van der Waals surface area contributed by atoms with Gasteiger partial charge in [0.1, 0.15) is 15.4 Å². The van der Waals surface area contributed by atoms with Crippen molar-refractivity contribution in [3.63, 3.8) is 0 Å². The van der Waals surface area contributed by atoms with Crippen LogP contribution >= 0.6 is 11.3 Å². The maximum Gasteiger partial charge on any atom is 0.304 e. The summed E-state index contributed by atoms with van der Waals surface area (Å²) in [5, 5.41) is 9.94. The number of fused-ring (bicyclic) bond motifs is 3. The zero-order valence-corrected chi connectivity index (χ0v) is 27.0. The van der Waals surface area contributed by atoms with Gasteiger partial charge in [0.05, 0.1) is 24.8 Å². The second-order valence-corrected chi connectivity index (χ2v) is 14.6. The molecule has 46 heavy (non-hydrogen) atoms. The highest BCUT2D eigenvalue weighted by Crippen LogP contribution is 2.47. The quantitative estimate of drug-likeness (QED) is 0.269. The molecular formula is C32H33N5O7S2. The third kappa shape index (κ3) is 6.07. The van der Waals surface area contributed by atoms with Crippen LogP contribution in [-0.2, 0) is 42.8 Å². The first-order valence-corrected chi connectivity index (χ1v) is 17.0. The third-order valence-electron chi connectivity index (χ3n) is 8.59. The normalized spacial score (nSPS) is 17.6. The number of sulfonamides is 1. The Labute approximate surface area is 270 Å². The van der Waals surface area contributed by atoms with Gasteiger partial charge in [0.25, 0.3) is 0 Å². The van der Waals surface area contributed by atoms with E-state index >= 15 is 0 Å². The van der Waals surface area contributed by atoms with Crippen molar-refractivity contribution >= 4 is 55.2 Å². The molecule has 14 heteroatoms. The van der Waals surface area contributed by atoms with E-state index in [4.69, 9.17) is 4.74 Å². The SMILES string of the molecule is COc1ccc2nc(CC(=O)N3CC4(CCN(C(C)=O)C4)c4cc(S(=O)(=O)N(CCC(=O)O)Cc5ccccc5)ccc43)sc2n1. The number of benzene rings is 2. The van der Waals surface area contributed by atoms with E-state index in [1.54, 1.807) is 58.3 Å². The van der Waals surface area contributed by atoms with Crippen LogP contribution in [0.4, 0.5) is 5.69 Å². The lowest BCUT2D eigenvalue weighted by molar-refractivity contribution is -0.137. The van der Waals surface area contributed by atoms with Crippen LogP contribution in [0, 0.1) is 0 Å². The van der Waals surface area contributed by atoms with Gasteiger partial charge in [-0.25, -0.2) is 18.4 Å². The van der Waals surface area contributed by atoms with Gasteiger partial charge in [-0.1, -0.05) is 41.7 Å².